The molecule has 2 aromatic carbocycles. The highest BCUT2D eigenvalue weighted by molar-refractivity contribution is 9.10. The molecule has 0 radical (unpaired) electrons. The first-order chi connectivity index (χ1) is 10.4. The first-order valence-electron chi connectivity index (χ1n) is 6.07. The van der Waals surface area contributed by atoms with Crippen LogP contribution in [0.15, 0.2) is 50.7 Å². The summed E-state index contributed by atoms with van der Waals surface area (Å²) >= 11 is 5.86. The van der Waals surface area contributed by atoms with Crippen LogP contribution in [0.3, 0.4) is 0 Å². The van der Waals surface area contributed by atoms with Crippen LogP contribution in [-0.2, 0) is 0 Å². The normalized spacial score (nSPS) is 9.95. The second-order valence-electron chi connectivity index (χ2n) is 4.05. The van der Waals surface area contributed by atoms with E-state index < -0.39 is 12.9 Å². The number of benzene rings is 2. The van der Waals surface area contributed by atoms with Crippen LogP contribution in [0.5, 0.6) is 0 Å². The van der Waals surface area contributed by atoms with Crippen molar-refractivity contribution in [3.63, 3.8) is 0 Å². The van der Waals surface area contributed by atoms with Crippen molar-refractivity contribution in [2.75, 3.05) is 12.5 Å². The molecule has 118 valence electrons. The van der Waals surface area contributed by atoms with Crippen molar-refractivity contribution in [1.82, 2.24) is 0 Å². The van der Waals surface area contributed by atoms with Gasteiger partial charge in [0.2, 0.25) is 0 Å². The zero-order valence-electron chi connectivity index (χ0n) is 11.9. The van der Waals surface area contributed by atoms with Crippen molar-refractivity contribution >= 4 is 52.0 Å². The molecule has 8 heteroatoms. The summed E-state index contributed by atoms with van der Waals surface area (Å²) in [6.07, 6.45) is 3.61. The van der Waals surface area contributed by atoms with Crippen molar-refractivity contribution in [2.24, 2.45) is 0 Å². The van der Waals surface area contributed by atoms with E-state index in [4.69, 9.17) is 10.0 Å². The van der Waals surface area contributed by atoms with Crippen molar-refractivity contribution in [3.05, 3.63) is 52.5 Å². The van der Waals surface area contributed by atoms with Crippen LogP contribution in [0.1, 0.15) is 0 Å². The van der Waals surface area contributed by atoms with E-state index in [0.29, 0.717) is 9.79 Å². The summed E-state index contributed by atoms with van der Waals surface area (Å²) in [4.78, 5) is 1.18. The number of rotatable bonds is 3. The third-order valence-corrected chi connectivity index (χ3v) is 4.62. The Kier molecular flexibility index (Phi) is 8.49. The summed E-state index contributed by atoms with van der Waals surface area (Å²) in [5.41, 5.74) is 0.172. The van der Waals surface area contributed by atoms with E-state index >= 15 is 0 Å². The molecule has 2 aromatic rings. The lowest BCUT2D eigenvalue weighted by atomic mass is 9.80. The van der Waals surface area contributed by atoms with E-state index in [2.05, 4.69) is 15.9 Å². The minimum absolute atomic E-state index is 0.165. The van der Waals surface area contributed by atoms with Crippen molar-refractivity contribution < 1.29 is 18.8 Å². The van der Waals surface area contributed by atoms with Crippen LogP contribution in [0.25, 0.3) is 0 Å². The maximum atomic E-state index is 13.0. The third-order valence-electron chi connectivity index (χ3n) is 2.59. The molecule has 2 nitrogen and oxygen atoms in total. The Labute approximate surface area is 145 Å². The van der Waals surface area contributed by atoms with Gasteiger partial charge in [-0.3, -0.25) is 0 Å². The minimum atomic E-state index is -1.60. The van der Waals surface area contributed by atoms with Gasteiger partial charge >= 0.3 is 7.12 Å². The third kappa shape index (κ3) is 5.93. The molecule has 2 rings (SSSR count). The molecule has 0 unspecified atom stereocenters. The van der Waals surface area contributed by atoms with Gasteiger partial charge in [-0.2, -0.15) is 0 Å². The maximum absolute atomic E-state index is 13.0. The van der Waals surface area contributed by atoms with E-state index in [0.717, 1.165) is 10.5 Å². The Bertz CT molecular complexity index is 630. The predicted molar refractivity (Wildman–Crippen MR) is 93.9 cm³/mol. The maximum Gasteiger partial charge on any atom is 0.488 e. The molecular formula is C14H14BBrF2O2S2. The molecule has 0 heterocycles. The SMILES string of the molecule is CSc1ccc(B(O)O)cc1F.CSc1ccc(Br)cc1F. The molecule has 0 amide bonds. The van der Waals surface area contributed by atoms with Gasteiger partial charge in [0.25, 0.3) is 0 Å². The molecule has 0 bridgehead atoms. The smallest absolute Gasteiger partial charge is 0.423 e. The fraction of sp³-hybridized carbons (Fsp3) is 0.143. The molecule has 0 saturated heterocycles. The fourth-order valence-electron chi connectivity index (χ4n) is 1.48. The van der Waals surface area contributed by atoms with Crippen LogP contribution in [0.4, 0.5) is 8.78 Å². The average molecular weight is 407 g/mol. The number of hydrogen-bond donors (Lipinski definition) is 2. The van der Waals surface area contributed by atoms with Crippen LogP contribution in [-0.4, -0.2) is 29.7 Å². The Hall–Kier alpha value is -0.535. The van der Waals surface area contributed by atoms with Crippen LogP contribution < -0.4 is 5.46 Å². The Morgan fingerprint density at radius 3 is 1.82 bits per heavy atom. The highest BCUT2D eigenvalue weighted by Crippen LogP contribution is 2.22. The largest absolute Gasteiger partial charge is 0.488 e. The number of halogens is 3. The summed E-state index contributed by atoms with van der Waals surface area (Å²) in [6, 6.07) is 9.18. The van der Waals surface area contributed by atoms with Gasteiger partial charge in [0.05, 0.1) is 0 Å². The second-order valence-corrected chi connectivity index (χ2v) is 6.66. The fourth-order valence-corrected chi connectivity index (χ4v) is 2.73. The summed E-state index contributed by atoms with van der Waals surface area (Å²) in [6.45, 7) is 0. The lowest BCUT2D eigenvalue weighted by molar-refractivity contribution is 0.425. The van der Waals surface area contributed by atoms with Gasteiger partial charge in [-0.05, 0) is 48.3 Å². The molecule has 0 aliphatic carbocycles. The molecule has 0 aliphatic rings. The lowest BCUT2D eigenvalue weighted by Crippen LogP contribution is -2.29. The van der Waals surface area contributed by atoms with E-state index in [1.54, 1.807) is 12.3 Å². The standard InChI is InChI=1S/C7H8BFO2S.C7H6BrFS/c1-12-7-3-2-5(8(10)11)4-6(7)9;1-10-7-3-2-5(8)4-6(7)9/h2-4,10-11H,1H3;2-4H,1H3. The topological polar surface area (TPSA) is 40.5 Å². The first kappa shape index (κ1) is 19.5. The molecular weight excluding hydrogens is 393 g/mol. The highest BCUT2D eigenvalue weighted by Gasteiger charge is 2.12. The molecule has 0 saturated carbocycles. The van der Waals surface area contributed by atoms with Gasteiger partial charge in [0.15, 0.2) is 0 Å². The molecule has 2 N–H and O–H groups in total. The van der Waals surface area contributed by atoms with E-state index in [9.17, 15) is 8.78 Å². The molecule has 0 aliphatic heterocycles. The zero-order valence-corrected chi connectivity index (χ0v) is 15.1. The van der Waals surface area contributed by atoms with Gasteiger partial charge in [-0.25, -0.2) is 8.78 Å². The van der Waals surface area contributed by atoms with E-state index in [-0.39, 0.29) is 11.3 Å². The van der Waals surface area contributed by atoms with E-state index in [1.807, 2.05) is 12.3 Å². The van der Waals surface area contributed by atoms with Gasteiger partial charge < -0.3 is 10.0 Å². The van der Waals surface area contributed by atoms with Gasteiger partial charge in [0, 0.05) is 14.3 Å². The molecule has 0 aromatic heterocycles. The van der Waals surface area contributed by atoms with Gasteiger partial charge in [-0.15, -0.1) is 23.5 Å². The van der Waals surface area contributed by atoms with Gasteiger partial charge in [0.1, 0.15) is 11.6 Å². The summed E-state index contributed by atoms with van der Waals surface area (Å²) in [7, 11) is -1.60. The minimum Gasteiger partial charge on any atom is -0.423 e. The first-order valence-corrected chi connectivity index (χ1v) is 9.32. The summed E-state index contributed by atoms with van der Waals surface area (Å²) < 4.78 is 26.5. The van der Waals surface area contributed by atoms with Crippen LogP contribution >= 0.6 is 39.5 Å². The number of hydrogen-bond acceptors (Lipinski definition) is 4. The van der Waals surface area contributed by atoms with Crippen LogP contribution in [0.2, 0.25) is 0 Å². The molecule has 0 atom stereocenters. The Morgan fingerprint density at radius 2 is 1.41 bits per heavy atom. The van der Waals surface area contributed by atoms with Crippen molar-refractivity contribution in [2.45, 2.75) is 9.79 Å². The van der Waals surface area contributed by atoms with Crippen molar-refractivity contribution in [1.29, 1.82) is 0 Å². The van der Waals surface area contributed by atoms with Crippen molar-refractivity contribution in [3.8, 4) is 0 Å². The lowest BCUT2D eigenvalue weighted by Gasteiger charge is -2.02. The van der Waals surface area contributed by atoms with Gasteiger partial charge in [-0.1, -0.05) is 22.0 Å². The predicted octanol–water partition coefficient (Wildman–Crippen LogP) is 3.54. The highest BCUT2D eigenvalue weighted by atomic mass is 79.9. The molecule has 0 fully saturated rings. The Balaban J connectivity index is 0.000000224. The van der Waals surface area contributed by atoms with E-state index in [1.165, 1.54) is 41.7 Å². The summed E-state index contributed by atoms with van der Waals surface area (Å²) in [5.74, 6) is -0.588. The summed E-state index contributed by atoms with van der Waals surface area (Å²) in [5, 5.41) is 17.4. The second kappa shape index (κ2) is 9.57. The molecule has 22 heavy (non-hydrogen) atoms. The monoisotopic (exact) mass is 406 g/mol. The average Bonchev–Trinajstić information content (AvgIpc) is 2.48. The quantitative estimate of drug-likeness (QED) is 0.604. The number of thioether (sulfide) groups is 2. The Morgan fingerprint density at radius 1 is 0.909 bits per heavy atom. The zero-order chi connectivity index (χ0) is 16.7. The molecule has 0 spiro atoms. The van der Waals surface area contributed by atoms with Crippen LogP contribution in [0, 0.1) is 11.6 Å².